The average Bonchev–Trinajstić information content (AvgIpc) is 3.00. The molecule has 0 unspecified atom stereocenters. The van der Waals surface area contributed by atoms with Gasteiger partial charge in [0, 0.05) is 24.7 Å². The van der Waals surface area contributed by atoms with Crippen LogP contribution >= 0.6 is 11.6 Å². The Bertz CT molecular complexity index is 740. The second-order valence-electron chi connectivity index (χ2n) is 6.52. The monoisotopic (exact) mass is 328 g/mol. The van der Waals surface area contributed by atoms with Gasteiger partial charge in [-0.05, 0) is 48.2 Å². The first-order valence-corrected chi connectivity index (χ1v) is 8.20. The first-order chi connectivity index (χ1) is 11.0. The molecule has 1 aliphatic heterocycles. The van der Waals surface area contributed by atoms with Crippen molar-refractivity contribution in [2.24, 2.45) is 0 Å². The Labute approximate surface area is 142 Å². The normalized spacial score (nSPS) is 13.7. The number of hydrogen-bond acceptors (Lipinski definition) is 2. The molecule has 0 saturated carbocycles. The van der Waals surface area contributed by atoms with Gasteiger partial charge >= 0.3 is 0 Å². The molecule has 0 atom stereocenters. The molecule has 3 rings (SSSR count). The summed E-state index contributed by atoms with van der Waals surface area (Å²) in [5.74, 6) is -0.00149. The van der Waals surface area contributed by atoms with Crippen molar-refractivity contribution in [2.45, 2.75) is 38.9 Å². The predicted octanol–water partition coefficient (Wildman–Crippen LogP) is 3.54. The molecule has 0 radical (unpaired) electrons. The van der Waals surface area contributed by atoms with Gasteiger partial charge in [-0.1, -0.05) is 41.9 Å². The van der Waals surface area contributed by atoms with Crippen LogP contribution in [0.25, 0.3) is 0 Å². The van der Waals surface area contributed by atoms with Crippen LogP contribution in [0.4, 0.5) is 0 Å². The minimum absolute atomic E-state index is 0.00149. The number of nitrogens with one attached hydrogen (secondary N) is 2. The summed E-state index contributed by atoms with van der Waals surface area (Å²) in [5, 5.41) is 7.02. The van der Waals surface area contributed by atoms with Crippen molar-refractivity contribution in [3.8, 4) is 0 Å². The second kappa shape index (κ2) is 6.34. The largest absolute Gasteiger partial charge is 0.351 e. The summed E-state index contributed by atoms with van der Waals surface area (Å²) < 4.78 is 0. The predicted molar refractivity (Wildman–Crippen MR) is 93.3 cm³/mol. The van der Waals surface area contributed by atoms with E-state index in [1.807, 2.05) is 38.1 Å². The molecule has 2 aromatic rings. The Hall–Kier alpha value is -1.84. The Morgan fingerprint density at radius 2 is 1.96 bits per heavy atom. The quantitative estimate of drug-likeness (QED) is 0.901. The fourth-order valence-electron chi connectivity index (χ4n) is 2.87. The molecule has 2 N–H and O–H groups in total. The zero-order valence-electron chi connectivity index (χ0n) is 13.4. The molecule has 23 heavy (non-hydrogen) atoms. The van der Waals surface area contributed by atoms with Gasteiger partial charge in [-0.25, -0.2) is 0 Å². The maximum atomic E-state index is 12.6. The van der Waals surface area contributed by atoms with Gasteiger partial charge in [-0.2, -0.15) is 0 Å². The van der Waals surface area contributed by atoms with Gasteiger partial charge in [-0.3, -0.25) is 4.79 Å². The minimum Gasteiger partial charge on any atom is -0.351 e. The summed E-state index contributed by atoms with van der Waals surface area (Å²) in [4.78, 5) is 12.6. The number of benzene rings is 2. The van der Waals surface area contributed by atoms with E-state index in [1.165, 1.54) is 11.1 Å². The molecular formula is C19H21ClN2O. The van der Waals surface area contributed by atoms with Crippen LogP contribution in [0.1, 0.15) is 36.1 Å². The van der Waals surface area contributed by atoms with E-state index in [2.05, 4.69) is 28.8 Å². The van der Waals surface area contributed by atoms with Gasteiger partial charge in [0.15, 0.2) is 0 Å². The number of carbonyl (C=O) groups is 1. The van der Waals surface area contributed by atoms with Gasteiger partial charge in [0.25, 0.3) is 0 Å². The van der Waals surface area contributed by atoms with Crippen LogP contribution in [-0.4, -0.2) is 5.91 Å². The maximum Gasteiger partial charge on any atom is 0.230 e. The van der Waals surface area contributed by atoms with Gasteiger partial charge in [0.05, 0.1) is 5.41 Å². The smallest absolute Gasteiger partial charge is 0.230 e. The molecule has 1 aliphatic rings. The Morgan fingerprint density at radius 3 is 2.74 bits per heavy atom. The summed E-state index contributed by atoms with van der Waals surface area (Å²) in [6, 6.07) is 13.9. The lowest BCUT2D eigenvalue weighted by atomic mass is 9.83. The first kappa shape index (κ1) is 16.0. The number of amides is 1. The van der Waals surface area contributed by atoms with E-state index in [1.54, 1.807) is 0 Å². The van der Waals surface area contributed by atoms with Crippen LogP contribution in [0.5, 0.6) is 0 Å². The molecule has 0 bridgehead atoms. The van der Waals surface area contributed by atoms with Crippen LogP contribution in [-0.2, 0) is 29.8 Å². The molecule has 2 aromatic carbocycles. The molecule has 0 aliphatic carbocycles. The van der Waals surface area contributed by atoms with E-state index in [0.717, 1.165) is 24.2 Å². The van der Waals surface area contributed by atoms with Gasteiger partial charge in [0.2, 0.25) is 5.91 Å². The van der Waals surface area contributed by atoms with Crippen LogP contribution in [0, 0.1) is 0 Å². The summed E-state index contributed by atoms with van der Waals surface area (Å²) in [7, 11) is 0. The Kier molecular flexibility index (Phi) is 4.42. The van der Waals surface area contributed by atoms with E-state index in [9.17, 15) is 4.79 Å². The highest BCUT2D eigenvalue weighted by atomic mass is 35.5. The third-order valence-electron chi connectivity index (χ3n) is 4.47. The van der Waals surface area contributed by atoms with Gasteiger partial charge in [-0.15, -0.1) is 0 Å². The third-order valence-corrected chi connectivity index (χ3v) is 4.70. The molecule has 1 heterocycles. The van der Waals surface area contributed by atoms with Crippen LogP contribution in [0.15, 0.2) is 42.5 Å². The average molecular weight is 329 g/mol. The zero-order chi connectivity index (χ0) is 16.4. The highest BCUT2D eigenvalue weighted by Crippen LogP contribution is 2.26. The van der Waals surface area contributed by atoms with Crippen LogP contribution in [0.3, 0.4) is 0 Å². The maximum absolute atomic E-state index is 12.6. The van der Waals surface area contributed by atoms with Crippen molar-refractivity contribution in [2.75, 3.05) is 0 Å². The van der Waals surface area contributed by atoms with Crippen molar-refractivity contribution in [1.82, 2.24) is 10.6 Å². The molecule has 1 amide bonds. The highest BCUT2D eigenvalue weighted by molar-refractivity contribution is 6.30. The lowest BCUT2D eigenvalue weighted by molar-refractivity contribution is -0.125. The number of halogens is 1. The lowest BCUT2D eigenvalue weighted by Crippen LogP contribution is -2.39. The van der Waals surface area contributed by atoms with E-state index in [4.69, 9.17) is 11.6 Å². The summed E-state index contributed by atoms with van der Waals surface area (Å²) in [6.07, 6.45) is 0. The van der Waals surface area contributed by atoms with Gasteiger partial charge < -0.3 is 10.6 Å². The van der Waals surface area contributed by atoms with E-state index in [-0.39, 0.29) is 5.91 Å². The fraction of sp³-hybridized carbons (Fsp3) is 0.316. The van der Waals surface area contributed by atoms with Crippen molar-refractivity contribution in [3.05, 3.63) is 69.7 Å². The van der Waals surface area contributed by atoms with Crippen molar-refractivity contribution >= 4 is 17.5 Å². The standard InChI is InChI=1S/C19H21ClN2O/c1-19(2,16-4-3-5-17(20)9-16)18(23)22-10-13-6-7-14-11-21-12-15(14)8-13/h3-9,21H,10-12H2,1-2H3,(H,22,23). The van der Waals surface area contributed by atoms with E-state index < -0.39 is 5.41 Å². The highest BCUT2D eigenvalue weighted by Gasteiger charge is 2.29. The zero-order valence-corrected chi connectivity index (χ0v) is 14.2. The second-order valence-corrected chi connectivity index (χ2v) is 6.96. The van der Waals surface area contributed by atoms with Crippen molar-refractivity contribution in [3.63, 3.8) is 0 Å². The summed E-state index contributed by atoms with van der Waals surface area (Å²) >= 11 is 6.05. The number of fused-ring (bicyclic) bond motifs is 1. The van der Waals surface area contributed by atoms with Gasteiger partial charge in [0.1, 0.15) is 0 Å². The first-order valence-electron chi connectivity index (χ1n) is 7.82. The molecule has 0 fully saturated rings. The van der Waals surface area contributed by atoms with Crippen molar-refractivity contribution < 1.29 is 4.79 Å². The summed E-state index contributed by atoms with van der Waals surface area (Å²) in [5.41, 5.74) is 4.09. The number of rotatable bonds is 4. The van der Waals surface area contributed by atoms with E-state index >= 15 is 0 Å². The molecule has 3 nitrogen and oxygen atoms in total. The SMILES string of the molecule is CC(C)(C(=O)NCc1ccc2c(c1)CNC2)c1cccc(Cl)c1. The fourth-order valence-corrected chi connectivity index (χ4v) is 3.06. The van der Waals surface area contributed by atoms with Crippen molar-refractivity contribution in [1.29, 1.82) is 0 Å². The van der Waals surface area contributed by atoms with Crippen LogP contribution in [0.2, 0.25) is 5.02 Å². The lowest BCUT2D eigenvalue weighted by Gasteiger charge is -2.24. The van der Waals surface area contributed by atoms with E-state index in [0.29, 0.717) is 11.6 Å². The Morgan fingerprint density at radius 1 is 1.17 bits per heavy atom. The molecular weight excluding hydrogens is 308 g/mol. The Balaban J connectivity index is 1.69. The molecule has 0 aromatic heterocycles. The number of carbonyl (C=O) groups excluding carboxylic acids is 1. The van der Waals surface area contributed by atoms with Crippen LogP contribution < -0.4 is 10.6 Å². The topological polar surface area (TPSA) is 41.1 Å². The molecule has 4 heteroatoms. The third kappa shape index (κ3) is 3.41. The minimum atomic E-state index is -0.622. The summed E-state index contributed by atoms with van der Waals surface area (Å²) in [6.45, 7) is 6.21. The molecule has 120 valence electrons. The number of hydrogen-bond donors (Lipinski definition) is 2. The molecule has 0 spiro atoms. The molecule has 0 saturated heterocycles.